The molecule has 12 heteroatoms. The fourth-order valence-corrected chi connectivity index (χ4v) is 14.7. The van der Waals surface area contributed by atoms with Crippen molar-refractivity contribution in [2.45, 2.75) is 233 Å². The molecule has 0 fully saturated rings. The monoisotopic (exact) mass is 1390 g/mol. The molecule has 538 valence electrons. The number of nitrogens with one attached hydrogen (secondary N) is 2. The van der Waals surface area contributed by atoms with E-state index in [0.717, 1.165) is 69.9 Å². The van der Waals surface area contributed by atoms with Crippen molar-refractivity contribution in [2.75, 3.05) is 0 Å². The SMILES string of the molecule is CCCCCCCCCc1ccc(Oc2cccc3c2-c2nc-3nc3[nH]c(nc4nc(nc5[nH]c(n2)c2cccc(Oc6ccc(CCCCCCCCC)cc6)c52)-c2cccc(Oc5ccc(CCCCCCCCC)cc5)c2-4)c2cccc(Oc4ccc(CCCCCCCCC)cc4)c32)cc1. The number of benzene rings is 8. The number of nitrogens with zero attached hydrogens (tertiary/aromatic N) is 6. The summed E-state index contributed by atoms with van der Waals surface area (Å²) in [7, 11) is 0. The fraction of sp³-hybridized carbons (Fsp3) is 0.391. The van der Waals surface area contributed by atoms with E-state index in [4.69, 9.17) is 48.9 Å². The predicted molar refractivity (Wildman–Crippen MR) is 429 cm³/mol. The number of fused-ring (bicyclic) bond motifs is 20. The van der Waals surface area contributed by atoms with Crippen LogP contribution in [0.5, 0.6) is 46.0 Å². The molecule has 5 heterocycles. The minimum absolute atomic E-state index is 0.412. The summed E-state index contributed by atoms with van der Waals surface area (Å²) < 4.78 is 27.9. The maximum absolute atomic E-state index is 6.97. The summed E-state index contributed by atoms with van der Waals surface area (Å²) in [6.07, 6.45) is 39.8. The van der Waals surface area contributed by atoms with E-state index in [9.17, 15) is 0 Å². The van der Waals surface area contributed by atoms with Gasteiger partial charge in [0.1, 0.15) is 68.6 Å². The highest BCUT2D eigenvalue weighted by molar-refractivity contribution is 6.10. The Balaban J connectivity index is 0.934. The van der Waals surface area contributed by atoms with Gasteiger partial charge in [-0.3, -0.25) is 0 Å². The van der Waals surface area contributed by atoms with Crippen molar-refractivity contribution in [1.29, 1.82) is 0 Å². The average molecular weight is 1390 g/mol. The smallest absolute Gasteiger partial charge is 0.168 e. The highest BCUT2D eigenvalue weighted by atomic mass is 16.5. The van der Waals surface area contributed by atoms with Gasteiger partial charge in [-0.1, -0.05) is 279 Å². The molecule has 0 unspecified atom stereocenters. The van der Waals surface area contributed by atoms with Gasteiger partial charge in [0.05, 0.1) is 21.9 Å². The van der Waals surface area contributed by atoms with Gasteiger partial charge in [-0.2, -0.15) is 0 Å². The summed E-state index contributed by atoms with van der Waals surface area (Å²) in [4.78, 5) is 40.5. The number of aromatic amines is 2. The van der Waals surface area contributed by atoms with Gasteiger partial charge in [0, 0.05) is 21.9 Å². The van der Waals surface area contributed by atoms with Crippen molar-refractivity contribution in [1.82, 2.24) is 39.9 Å². The lowest BCUT2D eigenvalue weighted by atomic mass is 10.0. The van der Waals surface area contributed by atoms with E-state index in [1.165, 1.54) is 202 Å². The quantitative estimate of drug-likeness (QED) is 0.0356. The van der Waals surface area contributed by atoms with Gasteiger partial charge >= 0.3 is 0 Å². The van der Waals surface area contributed by atoms with Crippen molar-refractivity contribution < 1.29 is 18.9 Å². The van der Waals surface area contributed by atoms with Crippen LogP contribution in [0.25, 0.3) is 89.7 Å². The normalized spacial score (nSPS) is 11.7. The lowest BCUT2D eigenvalue weighted by Crippen LogP contribution is -1.91. The molecule has 12 nitrogen and oxygen atoms in total. The molecule has 11 aromatic rings. The topological polar surface area (TPSA) is 146 Å². The molecule has 2 N–H and O–H groups in total. The molecule has 0 atom stereocenters. The molecule has 0 spiro atoms. The molecule has 0 radical (unpaired) electrons. The van der Waals surface area contributed by atoms with Crippen molar-refractivity contribution in [3.05, 3.63) is 192 Å². The predicted octanol–water partition coefficient (Wildman–Crippen LogP) is 27.2. The highest BCUT2D eigenvalue weighted by Gasteiger charge is 2.28. The van der Waals surface area contributed by atoms with Crippen LogP contribution in [-0.4, -0.2) is 39.9 Å². The first-order chi connectivity index (χ1) is 51.4. The minimum atomic E-state index is 0.412. The average Bonchev–Trinajstić information content (AvgIpc) is 1.59. The molecule has 104 heavy (non-hydrogen) atoms. The Bertz CT molecular complexity index is 4450. The second kappa shape index (κ2) is 37.2. The summed E-state index contributed by atoms with van der Waals surface area (Å²) in [5.41, 5.74) is 10.1. The van der Waals surface area contributed by atoms with Gasteiger partial charge in [-0.25, -0.2) is 29.9 Å². The van der Waals surface area contributed by atoms with Crippen LogP contribution in [0.4, 0.5) is 0 Å². The zero-order chi connectivity index (χ0) is 71.1. The van der Waals surface area contributed by atoms with Crippen LogP contribution in [0.3, 0.4) is 0 Å². The second-order valence-electron chi connectivity index (χ2n) is 28.8. The fourth-order valence-electron chi connectivity index (χ4n) is 14.7. The van der Waals surface area contributed by atoms with Crippen LogP contribution < -0.4 is 18.9 Å². The number of aryl methyl sites for hydroxylation is 4. The summed E-state index contributed by atoms with van der Waals surface area (Å²) in [5, 5.41) is 3.01. The van der Waals surface area contributed by atoms with Gasteiger partial charge in [-0.05, 0) is 146 Å². The summed E-state index contributed by atoms with van der Waals surface area (Å²) in [6, 6.07) is 58.3. The lowest BCUT2D eigenvalue weighted by Gasteiger charge is -2.11. The maximum atomic E-state index is 6.97. The molecule has 0 saturated carbocycles. The van der Waals surface area contributed by atoms with Crippen LogP contribution in [0.1, 0.15) is 230 Å². The van der Waals surface area contributed by atoms with E-state index in [1.54, 1.807) is 0 Å². The Labute approximate surface area is 616 Å². The minimum Gasteiger partial charge on any atom is -0.457 e. The van der Waals surface area contributed by atoms with E-state index in [0.29, 0.717) is 91.5 Å². The zero-order valence-electron chi connectivity index (χ0n) is 62.1. The first kappa shape index (κ1) is 72.7. The van der Waals surface area contributed by atoms with E-state index in [-0.39, 0.29) is 0 Å². The van der Waals surface area contributed by atoms with Crippen molar-refractivity contribution in [3.63, 3.8) is 0 Å². The Kier molecular flexibility index (Phi) is 26.0. The number of ether oxygens (including phenoxy) is 4. The summed E-state index contributed by atoms with van der Waals surface area (Å²) in [5.74, 6) is 6.96. The largest absolute Gasteiger partial charge is 0.457 e. The molecule has 0 saturated heterocycles. The first-order valence-corrected chi connectivity index (χ1v) is 39.8. The third-order valence-corrected chi connectivity index (χ3v) is 20.7. The van der Waals surface area contributed by atoms with Crippen molar-refractivity contribution >= 4 is 44.1 Å². The number of aromatic nitrogens is 8. The third kappa shape index (κ3) is 18.8. The Morgan fingerprint density at radius 2 is 0.500 bits per heavy atom. The number of rotatable bonds is 40. The molecule has 8 bridgehead atoms. The molecule has 13 rings (SSSR count). The molecule has 0 amide bonds. The summed E-state index contributed by atoms with van der Waals surface area (Å²) >= 11 is 0. The second-order valence-corrected chi connectivity index (χ2v) is 28.8. The number of hydrogen-bond acceptors (Lipinski definition) is 10. The summed E-state index contributed by atoms with van der Waals surface area (Å²) in [6.45, 7) is 9.09. The molecular weight excluding hydrogens is 1280 g/mol. The van der Waals surface area contributed by atoms with Crippen LogP contribution >= 0.6 is 0 Å². The van der Waals surface area contributed by atoms with E-state index < -0.39 is 0 Å². The van der Waals surface area contributed by atoms with Crippen LogP contribution in [0.15, 0.2) is 170 Å². The van der Waals surface area contributed by atoms with Gasteiger partial charge in [0.2, 0.25) is 0 Å². The van der Waals surface area contributed by atoms with Gasteiger partial charge in [0.15, 0.2) is 23.3 Å². The molecule has 3 aromatic heterocycles. The van der Waals surface area contributed by atoms with E-state index in [1.807, 2.05) is 60.7 Å². The molecule has 8 aromatic carbocycles. The standard InChI is InChI=1S/C92H106N8O4/c1-5-9-13-17-21-25-29-37-65-49-57-69(58-50-65)101-77-45-33-41-73-81(77)89-93-85(73)98-90-83-75(43-35-47-79(83)103-71-61-53-67(54-62-71)39-31-27-23-19-15-11-7-3)87(95-90)100-92-84-76(44-36-48-80(84)104-72-63-55-68(56-64-72)40-32-28-24-20-16-12-8-4)88(96-92)99-91-82-74(86(94-91)97-89)42-34-46-78(82)102-70-59-51-66(52-60-70)38-30-26-22-18-14-10-6-2/h33-36,41-64H,5-32,37-40H2,1-4H3,(H2,93,94,95,96,97,98,99,100). The van der Waals surface area contributed by atoms with Gasteiger partial charge in [-0.15, -0.1) is 0 Å². The van der Waals surface area contributed by atoms with Gasteiger partial charge in [0.25, 0.3) is 0 Å². The van der Waals surface area contributed by atoms with E-state index in [2.05, 4.69) is 147 Å². The lowest BCUT2D eigenvalue weighted by molar-refractivity contribution is 0.484. The Morgan fingerprint density at radius 3 is 0.808 bits per heavy atom. The zero-order valence-corrected chi connectivity index (χ0v) is 62.1. The maximum Gasteiger partial charge on any atom is 0.168 e. The first-order valence-electron chi connectivity index (χ1n) is 39.8. The molecule has 0 aliphatic carbocycles. The van der Waals surface area contributed by atoms with E-state index >= 15 is 0 Å². The Morgan fingerprint density at radius 1 is 0.240 bits per heavy atom. The molecule has 2 aliphatic rings. The Hall–Kier alpha value is -9.68. The number of H-pyrrole nitrogens is 2. The van der Waals surface area contributed by atoms with Crippen LogP contribution in [0.2, 0.25) is 0 Å². The van der Waals surface area contributed by atoms with Crippen molar-refractivity contribution in [3.8, 4) is 91.5 Å². The highest BCUT2D eigenvalue weighted by Crippen LogP contribution is 2.47. The molecule has 2 aliphatic heterocycles. The molecular formula is C92H106N8O4. The number of unbranched alkanes of at least 4 members (excludes halogenated alkanes) is 24. The van der Waals surface area contributed by atoms with Gasteiger partial charge < -0.3 is 28.9 Å². The van der Waals surface area contributed by atoms with Crippen LogP contribution in [-0.2, 0) is 25.7 Å². The van der Waals surface area contributed by atoms with Crippen molar-refractivity contribution in [2.24, 2.45) is 0 Å². The number of hydrogen-bond donors (Lipinski definition) is 2. The van der Waals surface area contributed by atoms with Crippen LogP contribution in [0, 0.1) is 0 Å². The third-order valence-electron chi connectivity index (χ3n) is 20.7.